The van der Waals surface area contributed by atoms with Crippen LogP contribution in [0.1, 0.15) is 25.7 Å². The van der Waals surface area contributed by atoms with Gasteiger partial charge < -0.3 is 15.2 Å². The second kappa shape index (κ2) is 9.94. The van der Waals surface area contributed by atoms with Gasteiger partial charge in [0.25, 0.3) is 5.91 Å². The van der Waals surface area contributed by atoms with Crippen LogP contribution in [-0.4, -0.2) is 66.7 Å². The van der Waals surface area contributed by atoms with E-state index in [2.05, 4.69) is 16.3 Å². The lowest BCUT2D eigenvalue weighted by molar-refractivity contribution is -0.130. The van der Waals surface area contributed by atoms with Crippen LogP contribution in [0.4, 0.5) is 0 Å². The number of carbonyl (C=O) groups excluding carboxylic acids is 2. The van der Waals surface area contributed by atoms with Crippen molar-refractivity contribution in [3.05, 3.63) is 42.1 Å². The minimum atomic E-state index is -3.77. The Kier molecular flexibility index (Phi) is 7.37. The Bertz CT molecular complexity index is 1370. The van der Waals surface area contributed by atoms with Crippen LogP contribution in [0, 0.1) is 5.92 Å². The van der Waals surface area contributed by atoms with E-state index in [4.69, 9.17) is 26.8 Å². The van der Waals surface area contributed by atoms with Crippen molar-refractivity contribution in [3.63, 3.8) is 0 Å². The Morgan fingerprint density at radius 2 is 2.05 bits per heavy atom. The molecular weight excluding hydrogens is 543 g/mol. The highest BCUT2D eigenvalue weighted by Gasteiger charge is 2.67. The summed E-state index contributed by atoms with van der Waals surface area (Å²) in [5.74, 6) is -0.758. The largest absolute Gasteiger partial charge is 0.494 e. The highest BCUT2D eigenvalue weighted by molar-refractivity contribution is 7.91. The Balaban J connectivity index is 0.00000320. The number of nitrogens with two attached hydrogens (primary N) is 1. The molecule has 13 heteroatoms. The lowest BCUT2D eigenvalue weighted by atomic mass is 10.1. The molecule has 0 bridgehead atoms. The second-order valence-electron chi connectivity index (χ2n) is 9.51. The summed E-state index contributed by atoms with van der Waals surface area (Å²) in [6.45, 7) is 3.96. The molecule has 3 aliphatic rings. The molecule has 200 valence electrons. The van der Waals surface area contributed by atoms with Gasteiger partial charge in [0, 0.05) is 34.7 Å². The van der Waals surface area contributed by atoms with Crippen molar-refractivity contribution in [2.45, 2.75) is 48.6 Å². The zero-order chi connectivity index (χ0) is 25.8. The molecule has 0 spiro atoms. The van der Waals surface area contributed by atoms with E-state index in [-0.39, 0.29) is 31.3 Å². The summed E-state index contributed by atoms with van der Waals surface area (Å²) in [5, 5.41) is 1.32. The lowest BCUT2D eigenvalue weighted by Gasteiger charge is -2.31. The average Bonchev–Trinajstić information content (AvgIpc) is 3.75. The first-order valence-electron chi connectivity index (χ1n) is 11.6. The zero-order valence-corrected chi connectivity index (χ0v) is 22.4. The lowest BCUT2D eigenvalue weighted by Crippen LogP contribution is -2.56. The molecule has 4 atom stereocenters. The van der Waals surface area contributed by atoms with Gasteiger partial charge in [0.2, 0.25) is 21.8 Å². The van der Waals surface area contributed by atoms with Crippen molar-refractivity contribution in [3.8, 4) is 11.6 Å². The van der Waals surface area contributed by atoms with E-state index in [9.17, 15) is 18.0 Å². The van der Waals surface area contributed by atoms with Gasteiger partial charge in [-0.05, 0) is 37.5 Å². The number of amides is 2. The van der Waals surface area contributed by atoms with E-state index < -0.39 is 44.8 Å². The molecule has 1 aromatic carbocycles. The first-order chi connectivity index (χ1) is 17.1. The molecule has 2 heterocycles. The molecule has 2 aromatic rings. The number of likely N-dealkylation sites (tertiary alicyclic amines) is 1. The highest BCUT2D eigenvalue weighted by Crippen LogP contribution is 2.52. The minimum Gasteiger partial charge on any atom is -0.494 e. The molecule has 1 aromatic heterocycles. The topological polar surface area (TPSA) is 141 Å². The summed E-state index contributed by atoms with van der Waals surface area (Å²) in [5.41, 5.74) is 4.49. The maximum absolute atomic E-state index is 13.3. The number of halogens is 2. The summed E-state index contributed by atoms with van der Waals surface area (Å²) < 4.78 is 38.8. The number of hydrogen-bond acceptors (Lipinski definition) is 8. The number of benzene rings is 1. The second-order valence-corrected chi connectivity index (χ2v) is 11.9. The smallest absolute Gasteiger partial charge is 0.254 e. The number of pyridine rings is 1. The van der Waals surface area contributed by atoms with Gasteiger partial charge in [0.1, 0.15) is 17.4 Å². The Labute approximate surface area is 226 Å². The van der Waals surface area contributed by atoms with Gasteiger partial charge in [-0.25, -0.2) is 13.4 Å². The fourth-order valence-electron chi connectivity index (χ4n) is 5.13. The van der Waals surface area contributed by atoms with E-state index in [0.29, 0.717) is 41.3 Å². The van der Waals surface area contributed by atoms with E-state index in [0.717, 1.165) is 5.39 Å². The molecule has 2 saturated carbocycles. The number of ether oxygens (including phenoxy) is 2. The molecular formula is C24H28Cl2N4O6S. The number of sulfonamides is 1. The Hall–Kier alpha value is -2.60. The molecule has 5 rings (SSSR count). The normalized spacial score (nSPS) is 27.2. The molecule has 3 fully saturated rings. The van der Waals surface area contributed by atoms with Gasteiger partial charge in [0.05, 0.1) is 24.6 Å². The third kappa shape index (κ3) is 4.85. The quantitative estimate of drug-likeness (QED) is 0.437. The summed E-state index contributed by atoms with van der Waals surface area (Å²) in [6.07, 6.45) is 4.19. The average molecular weight is 571 g/mol. The van der Waals surface area contributed by atoms with Crippen molar-refractivity contribution in [2.75, 3.05) is 13.7 Å². The molecule has 2 aliphatic carbocycles. The predicted octanol–water partition coefficient (Wildman–Crippen LogP) is 2.18. The van der Waals surface area contributed by atoms with E-state index >= 15 is 0 Å². The number of rotatable bonds is 9. The summed E-state index contributed by atoms with van der Waals surface area (Å²) in [4.78, 5) is 31.8. The molecule has 1 saturated heterocycles. The van der Waals surface area contributed by atoms with E-state index in [1.165, 1.54) is 13.3 Å². The van der Waals surface area contributed by atoms with Crippen LogP contribution in [0.3, 0.4) is 0 Å². The molecule has 3 N–H and O–H groups in total. The van der Waals surface area contributed by atoms with Gasteiger partial charge in [-0.1, -0.05) is 17.7 Å². The van der Waals surface area contributed by atoms with Crippen LogP contribution in [0.2, 0.25) is 5.02 Å². The molecule has 2 amide bonds. The van der Waals surface area contributed by atoms with Crippen molar-refractivity contribution >= 4 is 56.6 Å². The third-order valence-corrected chi connectivity index (χ3v) is 9.29. The Morgan fingerprint density at radius 3 is 2.65 bits per heavy atom. The molecule has 0 radical (unpaired) electrons. The van der Waals surface area contributed by atoms with Crippen LogP contribution < -0.4 is 19.9 Å². The van der Waals surface area contributed by atoms with Crippen LogP contribution >= 0.6 is 24.0 Å². The summed E-state index contributed by atoms with van der Waals surface area (Å²) in [6, 6.07) is 4.42. The molecule has 1 aliphatic heterocycles. The maximum Gasteiger partial charge on any atom is 0.254 e. The monoisotopic (exact) mass is 570 g/mol. The third-order valence-electron chi connectivity index (χ3n) is 7.24. The van der Waals surface area contributed by atoms with Crippen molar-refractivity contribution in [1.29, 1.82) is 0 Å². The maximum atomic E-state index is 13.3. The Morgan fingerprint density at radius 1 is 1.32 bits per heavy atom. The van der Waals surface area contributed by atoms with Gasteiger partial charge in [-0.3, -0.25) is 19.2 Å². The van der Waals surface area contributed by atoms with Gasteiger partial charge in [0.15, 0.2) is 0 Å². The number of aromatic nitrogens is 1. The fraction of sp³-hybridized carbons (Fsp3) is 0.458. The summed E-state index contributed by atoms with van der Waals surface area (Å²) in [7, 11) is -2.23. The van der Waals surface area contributed by atoms with Crippen LogP contribution in [-0.2, 0) is 19.6 Å². The summed E-state index contributed by atoms with van der Waals surface area (Å²) >= 11 is 6.21. The van der Waals surface area contributed by atoms with Gasteiger partial charge in [-0.2, -0.15) is 0 Å². The SMILES string of the molecule is C=C[C@@H]1C[C@@]1(C(=O)NS(=O)(=O)C1CC1)N1C[C@H](Oc2ncc(OC)c3ccc(Cl)cc23)C[C@H]1C(N)=O.Cl. The van der Waals surface area contributed by atoms with Crippen LogP contribution in [0.5, 0.6) is 11.6 Å². The fourth-order valence-corrected chi connectivity index (χ4v) is 6.66. The van der Waals surface area contributed by atoms with E-state index in [1.54, 1.807) is 29.2 Å². The highest BCUT2D eigenvalue weighted by atomic mass is 35.5. The minimum absolute atomic E-state index is 0. The zero-order valence-electron chi connectivity index (χ0n) is 20.1. The number of carbonyl (C=O) groups is 2. The first-order valence-corrected chi connectivity index (χ1v) is 13.6. The standard InChI is InChI=1S/C24H27ClN4O6S.ClH/c1-3-13-10-24(13,23(31)28-36(32,33)16-5-6-16)29-12-15(9-19(29)21(26)30)35-22-18-8-14(25)4-7-17(18)20(34-2)11-27-22;/h3-4,7-8,11,13,15-16,19H,1,5-6,9-10,12H2,2H3,(H2,26,30)(H,28,31);1H/t13-,15-,19+,24-;/m1./s1. The van der Waals surface area contributed by atoms with Crippen molar-refractivity contribution < 1.29 is 27.5 Å². The van der Waals surface area contributed by atoms with Crippen molar-refractivity contribution in [1.82, 2.24) is 14.6 Å². The van der Waals surface area contributed by atoms with Crippen LogP contribution in [0.25, 0.3) is 10.8 Å². The predicted molar refractivity (Wildman–Crippen MR) is 140 cm³/mol. The molecule has 10 nitrogen and oxygen atoms in total. The number of fused-ring (bicyclic) bond motifs is 1. The number of nitrogens with zero attached hydrogens (tertiary/aromatic N) is 2. The van der Waals surface area contributed by atoms with Gasteiger partial charge >= 0.3 is 0 Å². The number of primary amides is 1. The molecule has 0 unspecified atom stereocenters. The van der Waals surface area contributed by atoms with Crippen LogP contribution in [0.15, 0.2) is 37.1 Å². The van der Waals surface area contributed by atoms with Crippen molar-refractivity contribution in [2.24, 2.45) is 11.7 Å². The van der Waals surface area contributed by atoms with E-state index in [1.807, 2.05) is 0 Å². The number of nitrogens with one attached hydrogen (secondary N) is 1. The number of hydrogen-bond donors (Lipinski definition) is 2. The number of methoxy groups -OCH3 is 1. The first kappa shape index (κ1) is 27.4. The van der Waals surface area contributed by atoms with Gasteiger partial charge in [-0.15, -0.1) is 19.0 Å². The molecule has 37 heavy (non-hydrogen) atoms.